The molecule has 1 atom stereocenters. The van der Waals surface area contributed by atoms with Crippen LogP contribution in [-0.2, 0) is 4.79 Å². The van der Waals surface area contributed by atoms with Crippen LogP contribution >= 0.6 is 0 Å². The Hall–Kier alpha value is -2.24. The summed E-state index contributed by atoms with van der Waals surface area (Å²) >= 11 is 0. The summed E-state index contributed by atoms with van der Waals surface area (Å²) in [5.41, 5.74) is 2.08. The molecule has 1 aromatic carbocycles. The van der Waals surface area contributed by atoms with E-state index in [2.05, 4.69) is 33.0 Å². The quantitative estimate of drug-likeness (QED) is 0.740. The van der Waals surface area contributed by atoms with Gasteiger partial charge in [0.1, 0.15) is 6.04 Å². The van der Waals surface area contributed by atoms with Crippen molar-refractivity contribution in [2.45, 2.75) is 46.1 Å². The van der Waals surface area contributed by atoms with Crippen molar-refractivity contribution in [1.29, 1.82) is 0 Å². The average molecular weight is 346 g/mol. The van der Waals surface area contributed by atoms with Gasteiger partial charge in [-0.3, -0.25) is 10.1 Å². The molecule has 3 amide bonds. The third kappa shape index (κ3) is 6.29. The lowest BCUT2D eigenvalue weighted by Gasteiger charge is -2.29. The van der Waals surface area contributed by atoms with Crippen molar-refractivity contribution in [3.8, 4) is 0 Å². The zero-order chi connectivity index (χ0) is 18.2. The minimum Gasteiger partial charge on any atom is -0.374 e. The summed E-state index contributed by atoms with van der Waals surface area (Å²) in [5.74, 6) is -0.00353. The van der Waals surface area contributed by atoms with Gasteiger partial charge in [-0.1, -0.05) is 13.8 Å². The standard InChI is InChI=1S/C19H30N4O2/c1-14(2)13-20-19(25)22-18(24)15(3)21-16-7-9-17(10-8-16)23-11-5-4-6-12-23/h7-10,14-15,21H,4-6,11-13H2,1-3H3,(H2,20,22,24,25). The highest BCUT2D eigenvalue weighted by Gasteiger charge is 2.16. The van der Waals surface area contributed by atoms with Crippen molar-refractivity contribution in [1.82, 2.24) is 10.6 Å². The fourth-order valence-corrected chi connectivity index (χ4v) is 2.80. The van der Waals surface area contributed by atoms with Crippen LogP contribution in [0.15, 0.2) is 24.3 Å². The molecule has 0 radical (unpaired) electrons. The molecular formula is C19H30N4O2. The first-order chi connectivity index (χ1) is 12.0. The van der Waals surface area contributed by atoms with E-state index in [9.17, 15) is 9.59 Å². The first-order valence-corrected chi connectivity index (χ1v) is 9.16. The van der Waals surface area contributed by atoms with Crippen LogP contribution in [0.1, 0.15) is 40.0 Å². The van der Waals surface area contributed by atoms with Gasteiger partial charge in [0.15, 0.2) is 0 Å². The van der Waals surface area contributed by atoms with Crippen molar-refractivity contribution in [2.75, 3.05) is 29.9 Å². The van der Waals surface area contributed by atoms with Crippen molar-refractivity contribution in [3.63, 3.8) is 0 Å². The molecule has 25 heavy (non-hydrogen) atoms. The Balaban J connectivity index is 1.81. The van der Waals surface area contributed by atoms with Crippen LogP contribution in [0.2, 0.25) is 0 Å². The number of rotatable bonds is 6. The second-order valence-electron chi connectivity index (χ2n) is 7.05. The second kappa shape index (κ2) is 9.30. The first-order valence-electron chi connectivity index (χ1n) is 9.16. The monoisotopic (exact) mass is 346 g/mol. The fraction of sp³-hybridized carbons (Fsp3) is 0.579. The lowest BCUT2D eigenvalue weighted by atomic mass is 10.1. The number of anilines is 2. The van der Waals surface area contributed by atoms with Crippen molar-refractivity contribution in [2.24, 2.45) is 5.92 Å². The summed E-state index contributed by atoms with van der Waals surface area (Å²) in [6, 6.07) is 7.17. The Bertz CT molecular complexity index is 565. The first kappa shape index (κ1) is 19.1. The minimum atomic E-state index is -0.495. The molecule has 1 aromatic rings. The molecule has 0 saturated carbocycles. The van der Waals surface area contributed by atoms with Gasteiger partial charge in [0, 0.05) is 31.0 Å². The van der Waals surface area contributed by atoms with E-state index in [-0.39, 0.29) is 5.91 Å². The van der Waals surface area contributed by atoms with Crippen LogP contribution in [0.5, 0.6) is 0 Å². The van der Waals surface area contributed by atoms with Crippen LogP contribution in [-0.4, -0.2) is 37.6 Å². The molecule has 1 unspecified atom stereocenters. The Morgan fingerprint density at radius 1 is 1.04 bits per heavy atom. The van der Waals surface area contributed by atoms with Crippen molar-refractivity contribution < 1.29 is 9.59 Å². The van der Waals surface area contributed by atoms with Crippen molar-refractivity contribution in [3.05, 3.63) is 24.3 Å². The smallest absolute Gasteiger partial charge is 0.321 e. The summed E-state index contributed by atoms with van der Waals surface area (Å²) in [7, 11) is 0. The number of hydrogen-bond acceptors (Lipinski definition) is 4. The third-order valence-corrected chi connectivity index (χ3v) is 4.27. The van der Waals surface area contributed by atoms with Crippen LogP contribution in [0.3, 0.4) is 0 Å². The Kier molecular flexibility index (Phi) is 7.10. The summed E-state index contributed by atoms with van der Waals surface area (Å²) < 4.78 is 0. The van der Waals surface area contributed by atoms with Gasteiger partial charge in [-0.05, 0) is 56.4 Å². The van der Waals surface area contributed by atoms with Gasteiger partial charge in [-0.15, -0.1) is 0 Å². The molecule has 0 aromatic heterocycles. The van der Waals surface area contributed by atoms with Crippen LogP contribution in [0.4, 0.5) is 16.2 Å². The van der Waals surface area contributed by atoms with E-state index in [0.29, 0.717) is 12.5 Å². The minimum absolute atomic E-state index is 0.342. The van der Waals surface area contributed by atoms with Crippen molar-refractivity contribution >= 4 is 23.3 Å². The summed E-state index contributed by atoms with van der Waals surface area (Å²) in [6.45, 7) is 8.50. The van der Waals surface area contributed by atoms with E-state index in [4.69, 9.17) is 0 Å². The average Bonchev–Trinajstić information content (AvgIpc) is 2.61. The largest absolute Gasteiger partial charge is 0.374 e. The molecule has 0 bridgehead atoms. The number of benzene rings is 1. The normalized spacial score (nSPS) is 15.6. The number of nitrogens with one attached hydrogen (secondary N) is 3. The maximum atomic E-state index is 12.1. The summed E-state index contributed by atoms with van der Waals surface area (Å²) in [5, 5.41) is 8.16. The molecule has 1 saturated heterocycles. The molecule has 6 nitrogen and oxygen atoms in total. The van der Waals surface area contributed by atoms with E-state index in [0.717, 1.165) is 18.8 Å². The highest BCUT2D eigenvalue weighted by Crippen LogP contribution is 2.22. The Labute approximate surface area is 150 Å². The molecule has 138 valence electrons. The zero-order valence-electron chi connectivity index (χ0n) is 15.5. The molecule has 2 rings (SSSR count). The number of carbonyl (C=O) groups excluding carboxylic acids is 2. The number of nitrogens with zero attached hydrogens (tertiary/aromatic N) is 1. The van der Waals surface area contributed by atoms with E-state index < -0.39 is 12.1 Å². The van der Waals surface area contributed by atoms with Crippen LogP contribution < -0.4 is 20.9 Å². The Morgan fingerprint density at radius 2 is 1.68 bits per heavy atom. The third-order valence-electron chi connectivity index (χ3n) is 4.27. The number of piperidine rings is 1. The van der Waals surface area contributed by atoms with Gasteiger partial charge in [0.2, 0.25) is 5.91 Å². The van der Waals surface area contributed by atoms with E-state index in [1.807, 2.05) is 26.0 Å². The molecule has 6 heteroatoms. The van der Waals surface area contributed by atoms with Gasteiger partial charge in [-0.2, -0.15) is 0 Å². The maximum Gasteiger partial charge on any atom is 0.321 e. The number of amides is 3. The predicted octanol–water partition coefficient (Wildman–Crippen LogP) is 2.96. The van der Waals surface area contributed by atoms with Gasteiger partial charge < -0.3 is 15.5 Å². The van der Waals surface area contributed by atoms with Gasteiger partial charge in [0.05, 0.1) is 0 Å². The van der Waals surface area contributed by atoms with Gasteiger partial charge in [0.25, 0.3) is 0 Å². The maximum absolute atomic E-state index is 12.1. The highest BCUT2D eigenvalue weighted by molar-refractivity contribution is 5.97. The predicted molar refractivity (Wildman–Crippen MR) is 102 cm³/mol. The highest BCUT2D eigenvalue weighted by atomic mass is 16.2. The number of carbonyl (C=O) groups is 2. The zero-order valence-corrected chi connectivity index (χ0v) is 15.5. The molecule has 1 aliphatic rings. The molecular weight excluding hydrogens is 316 g/mol. The van der Waals surface area contributed by atoms with E-state index in [1.54, 1.807) is 6.92 Å². The summed E-state index contributed by atoms with van der Waals surface area (Å²) in [4.78, 5) is 26.1. The fourth-order valence-electron chi connectivity index (χ4n) is 2.80. The lowest BCUT2D eigenvalue weighted by molar-refractivity contribution is -0.120. The summed E-state index contributed by atoms with van der Waals surface area (Å²) in [6.07, 6.45) is 3.81. The van der Waals surface area contributed by atoms with Gasteiger partial charge >= 0.3 is 6.03 Å². The topological polar surface area (TPSA) is 73.5 Å². The number of imide groups is 1. The van der Waals surface area contributed by atoms with Crippen LogP contribution in [0.25, 0.3) is 0 Å². The molecule has 1 aliphatic heterocycles. The van der Waals surface area contributed by atoms with E-state index >= 15 is 0 Å². The van der Waals surface area contributed by atoms with Crippen LogP contribution in [0, 0.1) is 5.92 Å². The van der Waals surface area contributed by atoms with E-state index in [1.165, 1.54) is 24.9 Å². The molecule has 3 N–H and O–H groups in total. The Morgan fingerprint density at radius 3 is 2.28 bits per heavy atom. The SMILES string of the molecule is CC(C)CNC(=O)NC(=O)C(C)Nc1ccc(N2CCCCC2)cc1. The number of hydrogen-bond donors (Lipinski definition) is 3. The lowest BCUT2D eigenvalue weighted by Crippen LogP contribution is -2.46. The number of urea groups is 1. The van der Waals surface area contributed by atoms with Gasteiger partial charge in [-0.25, -0.2) is 4.79 Å². The molecule has 1 heterocycles. The second-order valence-corrected chi connectivity index (χ2v) is 7.05. The molecule has 0 aliphatic carbocycles. The molecule has 0 spiro atoms. The molecule has 1 fully saturated rings.